The summed E-state index contributed by atoms with van der Waals surface area (Å²) in [5.41, 5.74) is 4.42. The Kier molecular flexibility index (Phi) is 8.24. The first-order valence-corrected chi connectivity index (χ1v) is 16.2. The lowest BCUT2D eigenvalue weighted by Crippen LogP contribution is -2.46. The van der Waals surface area contributed by atoms with E-state index in [0.29, 0.717) is 35.4 Å². The number of ether oxygens (including phenoxy) is 3. The number of oxime groups is 1. The molecule has 0 amide bonds. The Morgan fingerprint density at radius 1 is 1.14 bits per heavy atom. The van der Waals surface area contributed by atoms with Crippen LogP contribution >= 0.6 is 0 Å². The molecule has 14 heteroatoms. The standard InChI is InChI=1S/C30H36N4O9S/c1-4-39-29(35)16-40-27-14-21-19(13-26(27)38-3)18-9-10-30(2)22(6-8-28(30)42-44(31,36)37)20(18)12-24(21)32-41-15-17-5-7-23-25(11-17)34-43-33-23/h5,7,11,13-14,18,20,22,28H,4,6,8-10,12,15-16H2,1-3H3,(H2,31,36,37)/b32-24+/t18?,20?,22?,28-,30-/m0/s1. The molecule has 1 aromatic heterocycles. The fourth-order valence-electron chi connectivity index (χ4n) is 7.50. The molecular formula is C30H36N4O9S. The molecule has 2 N–H and O–H groups in total. The zero-order valence-corrected chi connectivity index (χ0v) is 25.7. The summed E-state index contributed by atoms with van der Waals surface area (Å²) in [5.74, 6) is 0.930. The minimum atomic E-state index is -4.08. The van der Waals surface area contributed by atoms with Crippen molar-refractivity contribution in [3.8, 4) is 11.5 Å². The van der Waals surface area contributed by atoms with Crippen LogP contribution in [0.5, 0.6) is 11.5 Å². The molecule has 236 valence electrons. The quantitative estimate of drug-likeness (QED) is 0.254. The van der Waals surface area contributed by atoms with Crippen LogP contribution in [-0.4, -0.2) is 56.8 Å². The molecule has 44 heavy (non-hydrogen) atoms. The van der Waals surface area contributed by atoms with Crippen LogP contribution in [0, 0.1) is 17.3 Å². The van der Waals surface area contributed by atoms with E-state index < -0.39 is 22.4 Å². The molecule has 0 aliphatic heterocycles. The molecule has 3 aliphatic rings. The number of benzene rings is 2. The average molecular weight is 629 g/mol. The minimum Gasteiger partial charge on any atom is -0.493 e. The minimum absolute atomic E-state index is 0.159. The SMILES string of the molecule is CCOC(=O)COc1cc2c(cc1OC)C1CC[C@@]3(C)C(CC[C@@H]3OS(N)(=O)=O)C1C/C2=N\OCc1ccc2nonc2c1. The number of nitrogens with two attached hydrogens (primary N) is 1. The Labute approximate surface area is 255 Å². The third-order valence-corrected chi connectivity index (χ3v) is 9.95. The second kappa shape index (κ2) is 12.0. The van der Waals surface area contributed by atoms with E-state index in [2.05, 4.69) is 22.4 Å². The van der Waals surface area contributed by atoms with Gasteiger partial charge in [0, 0.05) is 5.56 Å². The highest BCUT2D eigenvalue weighted by molar-refractivity contribution is 7.84. The van der Waals surface area contributed by atoms with Crippen molar-refractivity contribution in [3.05, 3.63) is 47.0 Å². The van der Waals surface area contributed by atoms with Crippen molar-refractivity contribution in [2.75, 3.05) is 20.3 Å². The summed E-state index contributed by atoms with van der Waals surface area (Å²) in [6, 6.07) is 9.33. The molecule has 2 saturated carbocycles. The van der Waals surface area contributed by atoms with E-state index in [1.54, 1.807) is 20.1 Å². The Balaban J connectivity index is 1.33. The van der Waals surface area contributed by atoms with Gasteiger partial charge in [-0.1, -0.05) is 18.1 Å². The molecule has 3 aromatic rings. The Bertz CT molecular complexity index is 1690. The molecular weight excluding hydrogens is 592 g/mol. The van der Waals surface area contributed by atoms with Crippen LogP contribution in [0.4, 0.5) is 0 Å². The highest BCUT2D eigenvalue weighted by Gasteiger charge is 2.57. The van der Waals surface area contributed by atoms with Crippen molar-refractivity contribution in [2.45, 2.75) is 64.6 Å². The maximum absolute atomic E-state index is 12.0. The molecule has 0 saturated heterocycles. The first kappa shape index (κ1) is 30.3. The van der Waals surface area contributed by atoms with Crippen LogP contribution in [0.25, 0.3) is 11.0 Å². The largest absolute Gasteiger partial charge is 0.493 e. The molecule has 13 nitrogen and oxygen atoms in total. The lowest BCUT2D eigenvalue weighted by atomic mass is 9.55. The monoisotopic (exact) mass is 628 g/mol. The Morgan fingerprint density at radius 2 is 1.95 bits per heavy atom. The van der Waals surface area contributed by atoms with E-state index in [1.807, 2.05) is 24.3 Å². The second-order valence-electron chi connectivity index (χ2n) is 11.9. The van der Waals surface area contributed by atoms with Gasteiger partial charge in [-0.25, -0.2) is 14.6 Å². The van der Waals surface area contributed by atoms with Crippen molar-refractivity contribution >= 4 is 33.0 Å². The van der Waals surface area contributed by atoms with Crippen LogP contribution in [0.2, 0.25) is 0 Å². The zero-order valence-electron chi connectivity index (χ0n) is 24.9. The third-order valence-electron chi connectivity index (χ3n) is 9.45. The van der Waals surface area contributed by atoms with Crippen LogP contribution in [0.1, 0.15) is 68.6 Å². The molecule has 5 atom stereocenters. The van der Waals surface area contributed by atoms with Crippen LogP contribution in [0.3, 0.4) is 0 Å². The zero-order chi connectivity index (χ0) is 31.1. The Hall–Kier alpha value is -3.75. The number of aromatic nitrogens is 2. The van der Waals surface area contributed by atoms with Gasteiger partial charge in [-0.15, -0.1) is 0 Å². The second-order valence-corrected chi connectivity index (χ2v) is 13.0. The number of nitrogens with zero attached hydrogens (tertiary/aromatic N) is 3. The predicted molar refractivity (Wildman–Crippen MR) is 157 cm³/mol. The van der Waals surface area contributed by atoms with Gasteiger partial charge in [0.1, 0.15) is 17.6 Å². The average Bonchev–Trinajstić information content (AvgIpc) is 3.58. The van der Waals surface area contributed by atoms with E-state index in [0.717, 1.165) is 41.7 Å². The van der Waals surface area contributed by atoms with Gasteiger partial charge in [0.05, 0.1) is 25.5 Å². The molecule has 0 radical (unpaired) electrons. The van der Waals surface area contributed by atoms with Gasteiger partial charge in [-0.2, -0.15) is 8.42 Å². The molecule has 0 bridgehead atoms. The number of hydrogen-bond acceptors (Lipinski definition) is 12. The summed E-state index contributed by atoms with van der Waals surface area (Å²) in [5, 5.41) is 17.7. The van der Waals surface area contributed by atoms with E-state index in [9.17, 15) is 13.2 Å². The Morgan fingerprint density at radius 3 is 2.73 bits per heavy atom. The van der Waals surface area contributed by atoms with Gasteiger partial charge >= 0.3 is 16.3 Å². The number of hydrogen-bond donors (Lipinski definition) is 1. The maximum atomic E-state index is 12.0. The number of carbonyl (C=O) groups is 1. The molecule has 1 heterocycles. The first-order valence-electron chi connectivity index (χ1n) is 14.7. The summed E-state index contributed by atoms with van der Waals surface area (Å²) in [4.78, 5) is 18.0. The number of methoxy groups -OCH3 is 1. The first-order chi connectivity index (χ1) is 21.1. The van der Waals surface area contributed by atoms with E-state index in [4.69, 9.17) is 33.0 Å². The molecule has 2 fully saturated rings. The molecule has 2 aromatic carbocycles. The van der Waals surface area contributed by atoms with Crippen molar-refractivity contribution < 1.29 is 41.1 Å². The van der Waals surface area contributed by atoms with Gasteiger partial charge in [-0.05, 0) is 108 Å². The lowest BCUT2D eigenvalue weighted by Gasteiger charge is -2.50. The maximum Gasteiger partial charge on any atom is 0.344 e. The number of carbonyl (C=O) groups excluding carboxylic acids is 1. The van der Waals surface area contributed by atoms with Crippen molar-refractivity contribution in [3.63, 3.8) is 0 Å². The summed E-state index contributed by atoms with van der Waals surface area (Å²) in [6.45, 7) is 4.04. The predicted octanol–water partition coefficient (Wildman–Crippen LogP) is 4.00. The van der Waals surface area contributed by atoms with Crippen LogP contribution in [0.15, 0.2) is 40.1 Å². The van der Waals surface area contributed by atoms with E-state index in [1.165, 1.54) is 0 Å². The van der Waals surface area contributed by atoms with Crippen LogP contribution < -0.4 is 14.6 Å². The summed E-state index contributed by atoms with van der Waals surface area (Å²) in [7, 11) is -2.53. The van der Waals surface area contributed by atoms with Gasteiger partial charge < -0.3 is 19.0 Å². The number of fused-ring (bicyclic) bond motifs is 6. The highest BCUT2D eigenvalue weighted by Crippen LogP contribution is 2.62. The third kappa shape index (κ3) is 5.85. The molecule has 3 unspecified atom stereocenters. The highest BCUT2D eigenvalue weighted by atomic mass is 32.2. The van der Waals surface area contributed by atoms with E-state index in [-0.39, 0.29) is 43.0 Å². The van der Waals surface area contributed by atoms with Crippen molar-refractivity contribution in [1.82, 2.24) is 10.3 Å². The van der Waals surface area contributed by atoms with Gasteiger partial charge in [0.2, 0.25) is 0 Å². The topological polar surface area (TPSA) is 175 Å². The summed E-state index contributed by atoms with van der Waals surface area (Å²) < 4.78 is 50.5. The van der Waals surface area contributed by atoms with Gasteiger partial charge in [0.15, 0.2) is 18.1 Å². The van der Waals surface area contributed by atoms with Crippen molar-refractivity contribution in [2.24, 2.45) is 27.5 Å². The number of rotatable bonds is 10. The molecule has 0 spiro atoms. The van der Waals surface area contributed by atoms with Crippen LogP contribution in [-0.2, 0) is 35.5 Å². The summed E-state index contributed by atoms with van der Waals surface area (Å²) >= 11 is 0. The fraction of sp³-hybridized carbons (Fsp3) is 0.533. The molecule has 6 rings (SSSR count). The summed E-state index contributed by atoms with van der Waals surface area (Å²) in [6.07, 6.45) is 3.15. The lowest BCUT2D eigenvalue weighted by molar-refractivity contribution is -0.145. The fourth-order valence-corrected chi connectivity index (χ4v) is 8.14. The normalized spacial score (nSPS) is 27.0. The van der Waals surface area contributed by atoms with E-state index >= 15 is 0 Å². The smallest absolute Gasteiger partial charge is 0.344 e. The van der Waals surface area contributed by atoms with Gasteiger partial charge in [-0.3, -0.25) is 4.18 Å². The van der Waals surface area contributed by atoms with Crippen molar-refractivity contribution in [1.29, 1.82) is 0 Å². The molecule has 3 aliphatic carbocycles. The number of esters is 1. The van der Waals surface area contributed by atoms with Gasteiger partial charge in [0.25, 0.3) is 0 Å².